The number of imidazole rings is 1. The van der Waals surface area contributed by atoms with Gasteiger partial charge in [-0.25, -0.2) is 4.98 Å². The quantitative estimate of drug-likeness (QED) is 0.501. The third-order valence-corrected chi connectivity index (χ3v) is 5.29. The van der Waals surface area contributed by atoms with Crippen molar-refractivity contribution < 1.29 is 14.0 Å². The molecule has 7 nitrogen and oxygen atoms in total. The van der Waals surface area contributed by atoms with Crippen LogP contribution in [0.2, 0.25) is 0 Å². The van der Waals surface area contributed by atoms with E-state index < -0.39 is 0 Å². The van der Waals surface area contributed by atoms with Crippen LogP contribution in [0.3, 0.4) is 0 Å². The Morgan fingerprint density at radius 1 is 1.29 bits per heavy atom. The molecule has 0 aliphatic heterocycles. The van der Waals surface area contributed by atoms with Gasteiger partial charge in [-0.3, -0.25) is 9.59 Å². The van der Waals surface area contributed by atoms with Crippen molar-refractivity contribution in [2.45, 2.75) is 11.7 Å². The van der Waals surface area contributed by atoms with Crippen molar-refractivity contribution in [1.82, 2.24) is 20.2 Å². The predicted molar refractivity (Wildman–Crippen MR) is 111 cm³/mol. The lowest BCUT2D eigenvalue weighted by molar-refractivity contribution is -0.132. The van der Waals surface area contributed by atoms with Crippen molar-refractivity contribution >= 4 is 39.5 Å². The zero-order valence-corrected chi connectivity index (χ0v) is 17.5. The summed E-state index contributed by atoms with van der Waals surface area (Å²) >= 11 is 4.71. The summed E-state index contributed by atoms with van der Waals surface area (Å²) in [6.45, 7) is 0.288. The Bertz CT molecular complexity index is 925. The SMILES string of the molecule is CN(CC(=O)NCc1ccco1)C(=O)CSc1ncc(-c2ccc(Br)cc2)[nH]1. The Labute approximate surface area is 175 Å². The average molecular weight is 463 g/mol. The minimum absolute atomic E-state index is 0.0115. The van der Waals surface area contributed by atoms with Crippen LogP contribution in [0.1, 0.15) is 5.76 Å². The number of thioether (sulfide) groups is 1. The molecule has 3 rings (SSSR count). The lowest BCUT2D eigenvalue weighted by Crippen LogP contribution is -2.38. The van der Waals surface area contributed by atoms with E-state index >= 15 is 0 Å². The number of nitrogens with one attached hydrogen (secondary N) is 2. The van der Waals surface area contributed by atoms with E-state index in [-0.39, 0.29) is 24.1 Å². The fourth-order valence-electron chi connectivity index (χ4n) is 2.35. The maximum Gasteiger partial charge on any atom is 0.239 e. The van der Waals surface area contributed by atoms with E-state index in [1.165, 1.54) is 16.7 Å². The molecule has 3 aromatic rings. The number of aromatic nitrogens is 2. The number of hydrogen-bond donors (Lipinski definition) is 2. The standard InChI is InChI=1S/C19H19BrN4O3S/c1-24(11-17(25)21-9-15-3-2-8-27-15)18(26)12-28-19-22-10-16(23-19)13-4-6-14(20)7-5-13/h2-8,10H,9,11-12H2,1H3,(H,21,25)(H,22,23). The van der Waals surface area contributed by atoms with E-state index in [2.05, 4.69) is 31.2 Å². The highest BCUT2D eigenvalue weighted by atomic mass is 79.9. The molecule has 0 atom stereocenters. The summed E-state index contributed by atoms with van der Waals surface area (Å²) in [5.41, 5.74) is 1.90. The number of furan rings is 1. The van der Waals surface area contributed by atoms with E-state index in [4.69, 9.17) is 4.42 Å². The maximum absolute atomic E-state index is 12.3. The van der Waals surface area contributed by atoms with Crippen LogP contribution in [0.15, 0.2) is 62.9 Å². The normalized spacial score (nSPS) is 10.6. The predicted octanol–water partition coefficient (Wildman–Crippen LogP) is 3.30. The summed E-state index contributed by atoms with van der Waals surface area (Å²) < 4.78 is 6.16. The number of likely N-dealkylation sites (N-methyl/N-ethyl adjacent to an activating group) is 1. The van der Waals surface area contributed by atoms with Crippen LogP contribution in [0.25, 0.3) is 11.3 Å². The molecule has 0 radical (unpaired) electrons. The Hall–Kier alpha value is -2.52. The molecule has 2 N–H and O–H groups in total. The van der Waals surface area contributed by atoms with Crippen LogP contribution in [-0.4, -0.2) is 46.0 Å². The Kier molecular flexibility index (Phi) is 6.94. The number of amides is 2. The number of halogens is 1. The van der Waals surface area contributed by atoms with Gasteiger partial charge in [-0.15, -0.1) is 0 Å². The molecule has 0 bridgehead atoms. The van der Waals surface area contributed by atoms with Gasteiger partial charge in [0.05, 0.1) is 37.0 Å². The fraction of sp³-hybridized carbons (Fsp3) is 0.211. The molecule has 2 heterocycles. The second-order valence-electron chi connectivity index (χ2n) is 6.00. The third-order valence-electron chi connectivity index (χ3n) is 3.89. The minimum atomic E-state index is -0.243. The first-order chi connectivity index (χ1) is 13.5. The summed E-state index contributed by atoms with van der Waals surface area (Å²) in [4.78, 5) is 33.1. The first-order valence-electron chi connectivity index (χ1n) is 8.48. The molecule has 146 valence electrons. The highest BCUT2D eigenvalue weighted by Gasteiger charge is 2.14. The van der Waals surface area contributed by atoms with Gasteiger partial charge >= 0.3 is 0 Å². The number of hydrogen-bond acceptors (Lipinski definition) is 5. The molecular formula is C19H19BrN4O3S. The van der Waals surface area contributed by atoms with Crippen LogP contribution >= 0.6 is 27.7 Å². The van der Waals surface area contributed by atoms with E-state index in [1.54, 1.807) is 31.6 Å². The molecule has 2 aromatic heterocycles. The van der Waals surface area contributed by atoms with Gasteiger partial charge in [0.2, 0.25) is 11.8 Å². The molecule has 0 fully saturated rings. The molecule has 0 aliphatic carbocycles. The van der Waals surface area contributed by atoms with Crippen molar-refractivity contribution in [3.8, 4) is 11.3 Å². The van der Waals surface area contributed by atoms with Gasteiger partial charge in [0.25, 0.3) is 0 Å². The molecule has 9 heteroatoms. The Balaban J connectivity index is 1.44. The second kappa shape index (κ2) is 9.61. The van der Waals surface area contributed by atoms with Crippen LogP contribution in [0.5, 0.6) is 0 Å². The number of rotatable bonds is 8. The summed E-state index contributed by atoms with van der Waals surface area (Å²) in [5, 5.41) is 3.37. The van der Waals surface area contributed by atoms with Crippen molar-refractivity contribution in [3.63, 3.8) is 0 Å². The summed E-state index contributed by atoms with van der Waals surface area (Å²) in [6.07, 6.45) is 3.28. The van der Waals surface area contributed by atoms with Gasteiger partial charge in [0.1, 0.15) is 5.76 Å². The number of carbonyl (C=O) groups is 2. The van der Waals surface area contributed by atoms with Gasteiger partial charge in [0, 0.05) is 11.5 Å². The lowest BCUT2D eigenvalue weighted by Gasteiger charge is -2.16. The van der Waals surface area contributed by atoms with E-state index in [9.17, 15) is 9.59 Å². The number of aromatic amines is 1. The van der Waals surface area contributed by atoms with Crippen molar-refractivity contribution in [2.75, 3.05) is 19.3 Å². The van der Waals surface area contributed by atoms with Crippen LogP contribution in [-0.2, 0) is 16.1 Å². The number of H-pyrrole nitrogens is 1. The molecule has 28 heavy (non-hydrogen) atoms. The molecular weight excluding hydrogens is 444 g/mol. The fourth-order valence-corrected chi connectivity index (χ4v) is 3.41. The summed E-state index contributed by atoms with van der Waals surface area (Å²) in [7, 11) is 1.60. The minimum Gasteiger partial charge on any atom is -0.467 e. The number of benzene rings is 1. The van der Waals surface area contributed by atoms with E-state index in [0.717, 1.165) is 15.7 Å². The van der Waals surface area contributed by atoms with Crippen molar-refractivity contribution in [2.24, 2.45) is 0 Å². The zero-order valence-electron chi connectivity index (χ0n) is 15.1. The molecule has 1 aromatic carbocycles. The second-order valence-corrected chi connectivity index (χ2v) is 7.88. The van der Waals surface area contributed by atoms with Gasteiger partial charge in [-0.1, -0.05) is 39.8 Å². The Morgan fingerprint density at radius 2 is 2.07 bits per heavy atom. The van der Waals surface area contributed by atoms with Gasteiger partial charge < -0.3 is 19.6 Å². The number of carbonyl (C=O) groups excluding carboxylic acids is 2. The highest BCUT2D eigenvalue weighted by Crippen LogP contribution is 2.23. The largest absolute Gasteiger partial charge is 0.467 e. The highest BCUT2D eigenvalue weighted by molar-refractivity contribution is 9.10. The zero-order chi connectivity index (χ0) is 19.9. The van der Waals surface area contributed by atoms with Crippen molar-refractivity contribution in [3.05, 3.63) is 59.1 Å². The molecule has 0 aliphatic rings. The monoisotopic (exact) mass is 462 g/mol. The van der Waals surface area contributed by atoms with Gasteiger partial charge in [0.15, 0.2) is 5.16 Å². The molecule has 0 spiro atoms. The Morgan fingerprint density at radius 3 is 2.79 bits per heavy atom. The number of nitrogens with zero attached hydrogens (tertiary/aromatic N) is 2. The van der Waals surface area contributed by atoms with Crippen LogP contribution < -0.4 is 5.32 Å². The van der Waals surface area contributed by atoms with E-state index in [1.807, 2.05) is 24.3 Å². The molecule has 0 unspecified atom stereocenters. The summed E-state index contributed by atoms with van der Waals surface area (Å²) in [6, 6.07) is 11.4. The lowest BCUT2D eigenvalue weighted by atomic mass is 10.2. The first kappa shape index (κ1) is 20.2. The molecule has 0 saturated carbocycles. The maximum atomic E-state index is 12.3. The van der Waals surface area contributed by atoms with Crippen LogP contribution in [0.4, 0.5) is 0 Å². The summed E-state index contributed by atoms with van der Waals surface area (Å²) in [5.74, 6) is 0.458. The molecule has 2 amide bonds. The van der Waals surface area contributed by atoms with E-state index in [0.29, 0.717) is 17.5 Å². The van der Waals surface area contributed by atoms with Gasteiger partial charge in [-0.05, 0) is 29.8 Å². The van der Waals surface area contributed by atoms with Gasteiger partial charge in [-0.2, -0.15) is 0 Å². The van der Waals surface area contributed by atoms with Crippen LogP contribution in [0, 0.1) is 0 Å². The third kappa shape index (κ3) is 5.74. The topological polar surface area (TPSA) is 91.2 Å². The smallest absolute Gasteiger partial charge is 0.239 e. The molecule has 0 saturated heterocycles. The van der Waals surface area contributed by atoms with Crippen molar-refractivity contribution in [1.29, 1.82) is 0 Å². The average Bonchev–Trinajstić information content (AvgIpc) is 3.37. The first-order valence-corrected chi connectivity index (χ1v) is 10.3.